The van der Waals surface area contributed by atoms with E-state index in [2.05, 4.69) is 25.7 Å². The first kappa shape index (κ1) is 22.8. The number of nitrogens with zero attached hydrogens (tertiary/aromatic N) is 5. The molecule has 0 unspecified atom stereocenters. The molecule has 0 aliphatic heterocycles. The monoisotopic (exact) mass is 484 g/mol. The minimum absolute atomic E-state index is 0.0720. The average Bonchev–Trinajstić information content (AvgIpc) is 3.46. The molecule has 1 amide bonds. The van der Waals surface area contributed by atoms with Crippen molar-refractivity contribution in [3.63, 3.8) is 0 Å². The van der Waals surface area contributed by atoms with Gasteiger partial charge in [0, 0.05) is 22.2 Å². The van der Waals surface area contributed by atoms with Gasteiger partial charge >= 0.3 is 6.01 Å². The zero-order valence-electron chi connectivity index (χ0n) is 18.2. The van der Waals surface area contributed by atoms with E-state index in [-0.39, 0.29) is 23.6 Å². The third kappa shape index (κ3) is 5.35. The fourth-order valence-corrected chi connectivity index (χ4v) is 3.80. The summed E-state index contributed by atoms with van der Waals surface area (Å²) in [5, 5.41) is 20.2. The number of carbonyl (C=O) groups excluding carboxylic acids is 1. The molecule has 0 radical (unpaired) electrons. The van der Waals surface area contributed by atoms with Crippen molar-refractivity contribution in [2.75, 3.05) is 18.2 Å². The zero-order chi connectivity index (χ0) is 23.4. The minimum Gasteiger partial charge on any atom is -0.497 e. The molecular formula is C22H21ClN6O3S. The smallest absolute Gasteiger partial charge is 0.322 e. The van der Waals surface area contributed by atoms with Crippen LogP contribution in [-0.4, -0.2) is 43.7 Å². The van der Waals surface area contributed by atoms with Gasteiger partial charge in [0.25, 0.3) is 0 Å². The number of benzene rings is 2. The van der Waals surface area contributed by atoms with E-state index in [0.29, 0.717) is 21.9 Å². The van der Waals surface area contributed by atoms with Crippen molar-refractivity contribution in [3.8, 4) is 22.8 Å². The summed E-state index contributed by atoms with van der Waals surface area (Å²) in [6, 6.07) is 14.9. The molecule has 1 N–H and O–H groups in total. The summed E-state index contributed by atoms with van der Waals surface area (Å²) >= 11 is 7.28. The van der Waals surface area contributed by atoms with Crippen molar-refractivity contribution in [3.05, 3.63) is 59.4 Å². The second-order valence-electron chi connectivity index (χ2n) is 7.28. The van der Waals surface area contributed by atoms with E-state index in [4.69, 9.17) is 20.8 Å². The van der Waals surface area contributed by atoms with Gasteiger partial charge in [-0.15, -0.1) is 15.3 Å². The van der Waals surface area contributed by atoms with Crippen LogP contribution in [-0.2, 0) is 4.79 Å². The molecule has 11 heteroatoms. The Bertz CT molecular complexity index is 1240. The summed E-state index contributed by atoms with van der Waals surface area (Å²) < 4.78 is 12.6. The number of amides is 1. The summed E-state index contributed by atoms with van der Waals surface area (Å²) in [5.74, 6) is 1.67. The van der Waals surface area contributed by atoms with Crippen LogP contribution in [0, 0.1) is 0 Å². The molecule has 0 bridgehead atoms. The van der Waals surface area contributed by atoms with Crippen LogP contribution in [0.5, 0.6) is 5.75 Å². The minimum atomic E-state index is -0.295. The first-order valence-corrected chi connectivity index (χ1v) is 11.4. The van der Waals surface area contributed by atoms with Crippen LogP contribution in [0.4, 0.5) is 6.01 Å². The fourth-order valence-electron chi connectivity index (χ4n) is 2.92. The molecule has 0 aliphatic rings. The molecule has 0 spiro atoms. The quantitative estimate of drug-likeness (QED) is 0.354. The van der Waals surface area contributed by atoms with Gasteiger partial charge in [-0.2, -0.15) is 0 Å². The van der Waals surface area contributed by atoms with E-state index in [0.717, 1.165) is 17.0 Å². The topological polar surface area (TPSA) is 108 Å². The Labute approximate surface area is 199 Å². The highest BCUT2D eigenvalue weighted by Crippen LogP contribution is 2.29. The predicted octanol–water partition coefficient (Wildman–Crippen LogP) is 4.83. The number of hydrogen-bond acceptors (Lipinski definition) is 8. The van der Waals surface area contributed by atoms with Crippen molar-refractivity contribution in [2.24, 2.45) is 0 Å². The lowest BCUT2D eigenvalue weighted by Crippen LogP contribution is -2.15. The molecule has 0 aliphatic carbocycles. The standard InChI is InChI=1S/C22H21ClN6O3S/c1-13(2)20-26-27-21(32-20)24-18(30)12-33-22-28-25-19(14-4-6-15(23)7-5-14)29(22)16-8-10-17(31-3)11-9-16/h4-11,13H,12H2,1-3H3,(H,24,27,30). The maximum atomic E-state index is 12.5. The third-order valence-corrected chi connectivity index (χ3v) is 5.76. The number of anilines is 1. The lowest BCUT2D eigenvalue weighted by molar-refractivity contribution is -0.113. The van der Waals surface area contributed by atoms with E-state index < -0.39 is 0 Å². The number of rotatable bonds is 8. The van der Waals surface area contributed by atoms with Crippen molar-refractivity contribution in [1.82, 2.24) is 25.0 Å². The van der Waals surface area contributed by atoms with Gasteiger partial charge in [0.05, 0.1) is 12.9 Å². The third-order valence-electron chi connectivity index (χ3n) is 4.58. The number of nitrogens with one attached hydrogen (secondary N) is 1. The van der Waals surface area contributed by atoms with Gasteiger partial charge in [-0.3, -0.25) is 14.7 Å². The van der Waals surface area contributed by atoms with Crippen molar-refractivity contribution >= 4 is 35.3 Å². The summed E-state index contributed by atoms with van der Waals surface area (Å²) in [5.41, 5.74) is 1.67. The second-order valence-corrected chi connectivity index (χ2v) is 8.66. The SMILES string of the molecule is COc1ccc(-n2c(SCC(=O)Nc3nnc(C(C)C)o3)nnc2-c2ccc(Cl)cc2)cc1. The van der Waals surface area contributed by atoms with E-state index in [9.17, 15) is 4.79 Å². The van der Waals surface area contributed by atoms with Crippen LogP contribution in [0.15, 0.2) is 58.1 Å². The van der Waals surface area contributed by atoms with Gasteiger partial charge in [0.2, 0.25) is 11.8 Å². The molecule has 4 rings (SSSR count). The van der Waals surface area contributed by atoms with Gasteiger partial charge < -0.3 is 9.15 Å². The molecule has 0 saturated carbocycles. The number of halogens is 1. The molecule has 2 heterocycles. The first-order chi connectivity index (χ1) is 15.9. The number of ether oxygens (including phenoxy) is 1. The summed E-state index contributed by atoms with van der Waals surface area (Å²) in [7, 11) is 1.61. The Morgan fingerprint density at radius 2 is 1.82 bits per heavy atom. The number of hydrogen-bond donors (Lipinski definition) is 1. The zero-order valence-corrected chi connectivity index (χ0v) is 19.7. The van der Waals surface area contributed by atoms with Crippen LogP contribution in [0.3, 0.4) is 0 Å². The first-order valence-electron chi connectivity index (χ1n) is 10.1. The van der Waals surface area contributed by atoms with Crippen LogP contribution in [0.25, 0.3) is 17.1 Å². The summed E-state index contributed by atoms with van der Waals surface area (Å²) in [6.45, 7) is 3.86. The van der Waals surface area contributed by atoms with E-state index in [1.54, 1.807) is 19.2 Å². The highest BCUT2D eigenvalue weighted by atomic mass is 35.5. The van der Waals surface area contributed by atoms with Crippen molar-refractivity contribution in [1.29, 1.82) is 0 Å². The summed E-state index contributed by atoms with van der Waals surface area (Å²) in [6.07, 6.45) is 0. The molecule has 0 atom stereocenters. The van der Waals surface area contributed by atoms with Gasteiger partial charge in [-0.1, -0.05) is 42.3 Å². The van der Waals surface area contributed by atoms with E-state index in [1.165, 1.54) is 11.8 Å². The van der Waals surface area contributed by atoms with Crippen molar-refractivity contribution < 1.29 is 13.9 Å². The number of methoxy groups -OCH3 is 1. The van der Waals surface area contributed by atoms with Crippen molar-refractivity contribution in [2.45, 2.75) is 24.9 Å². The Morgan fingerprint density at radius 1 is 1.09 bits per heavy atom. The van der Waals surface area contributed by atoms with E-state index >= 15 is 0 Å². The molecule has 2 aromatic carbocycles. The lowest BCUT2D eigenvalue weighted by Gasteiger charge is -2.11. The summed E-state index contributed by atoms with van der Waals surface area (Å²) in [4.78, 5) is 12.5. The van der Waals surface area contributed by atoms with Gasteiger partial charge in [-0.25, -0.2) is 0 Å². The Morgan fingerprint density at radius 3 is 2.45 bits per heavy atom. The Hall–Kier alpha value is -3.37. The maximum Gasteiger partial charge on any atom is 0.322 e. The average molecular weight is 485 g/mol. The Balaban J connectivity index is 1.57. The van der Waals surface area contributed by atoms with Crippen LogP contribution in [0.2, 0.25) is 5.02 Å². The molecular weight excluding hydrogens is 464 g/mol. The highest BCUT2D eigenvalue weighted by molar-refractivity contribution is 7.99. The molecule has 9 nitrogen and oxygen atoms in total. The number of aromatic nitrogens is 5. The molecule has 33 heavy (non-hydrogen) atoms. The second kappa shape index (κ2) is 10.1. The van der Waals surface area contributed by atoms with Crippen LogP contribution >= 0.6 is 23.4 Å². The molecule has 0 fully saturated rings. The van der Waals surface area contributed by atoms with Gasteiger partial charge in [0.15, 0.2) is 11.0 Å². The Kier molecular flexibility index (Phi) is 6.95. The maximum absolute atomic E-state index is 12.5. The van der Waals surface area contributed by atoms with Crippen LogP contribution < -0.4 is 10.1 Å². The van der Waals surface area contributed by atoms with E-state index in [1.807, 2.05) is 54.8 Å². The molecule has 4 aromatic rings. The molecule has 170 valence electrons. The number of carbonyl (C=O) groups is 1. The number of thioether (sulfide) groups is 1. The predicted molar refractivity (Wildman–Crippen MR) is 126 cm³/mol. The molecule has 2 aromatic heterocycles. The van der Waals surface area contributed by atoms with Crippen LogP contribution in [0.1, 0.15) is 25.7 Å². The molecule has 0 saturated heterocycles. The lowest BCUT2D eigenvalue weighted by atomic mass is 10.2. The fraction of sp³-hybridized carbons (Fsp3) is 0.227. The van der Waals surface area contributed by atoms with Gasteiger partial charge in [-0.05, 0) is 48.5 Å². The highest BCUT2D eigenvalue weighted by Gasteiger charge is 2.18. The largest absolute Gasteiger partial charge is 0.497 e. The normalized spacial score (nSPS) is 11.1. The van der Waals surface area contributed by atoms with Gasteiger partial charge in [0.1, 0.15) is 5.75 Å².